The van der Waals surface area contributed by atoms with Crippen molar-refractivity contribution < 1.29 is 4.42 Å². The molecule has 1 aliphatic rings. The molecule has 0 saturated heterocycles. The van der Waals surface area contributed by atoms with Gasteiger partial charge in [0, 0.05) is 6.04 Å². The zero-order valence-electron chi connectivity index (χ0n) is 10.6. The van der Waals surface area contributed by atoms with E-state index in [1.165, 1.54) is 32.2 Å². The lowest BCUT2D eigenvalue weighted by molar-refractivity contribution is 0.218. The van der Waals surface area contributed by atoms with Gasteiger partial charge < -0.3 is 4.42 Å². The second-order valence-corrected chi connectivity index (χ2v) is 5.63. The van der Waals surface area contributed by atoms with Gasteiger partial charge in [-0.05, 0) is 56.0 Å². The molecule has 1 fully saturated rings. The van der Waals surface area contributed by atoms with Crippen molar-refractivity contribution in [2.45, 2.75) is 45.2 Å². The van der Waals surface area contributed by atoms with Crippen LogP contribution in [0.2, 0.25) is 0 Å². The molecule has 2 rings (SSSR count). The van der Waals surface area contributed by atoms with E-state index < -0.39 is 0 Å². The van der Waals surface area contributed by atoms with E-state index in [-0.39, 0.29) is 0 Å². The monoisotopic (exact) mass is 253 g/mol. The highest BCUT2D eigenvalue weighted by Crippen LogP contribution is 2.29. The van der Waals surface area contributed by atoms with Crippen molar-refractivity contribution in [2.75, 3.05) is 12.3 Å². The number of thiol groups is 1. The summed E-state index contributed by atoms with van der Waals surface area (Å²) in [5.41, 5.74) is 0. The number of hydrogen-bond donors (Lipinski definition) is 1. The molecule has 2 nitrogen and oxygen atoms in total. The first-order valence-corrected chi connectivity index (χ1v) is 7.30. The van der Waals surface area contributed by atoms with Gasteiger partial charge in [-0.15, -0.1) is 0 Å². The first kappa shape index (κ1) is 13.0. The number of rotatable bonds is 8. The van der Waals surface area contributed by atoms with E-state index in [9.17, 15) is 0 Å². The average Bonchev–Trinajstić information content (AvgIpc) is 3.03. The molecule has 0 aliphatic heterocycles. The van der Waals surface area contributed by atoms with Crippen LogP contribution < -0.4 is 0 Å². The van der Waals surface area contributed by atoms with E-state index in [0.717, 1.165) is 30.0 Å². The molecule has 3 heteroatoms. The second-order valence-electron chi connectivity index (χ2n) is 5.19. The third kappa shape index (κ3) is 4.40. The fourth-order valence-corrected chi connectivity index (χ4v) is 2.62. The van der Waals surface area contributed by atoms with Crippen LogP contribution >= 0.6 is 12.6 Å². The summed E-state index contributed by atoms with van der Waals surface area (Å²) in [6, 6.07) is 4.86. The molecule has 1 aromatic rings. The minimum absolute atomic E-state index is 0.783. The summed E-state index contributed by atoms with van der Waals surface area (Å²) in [6.45, 7) is 4.50. The maximum absolute atomic E-state index is 5.44. The van der Waals surface area contributed by atoms with Gasteiger partial charge in [0.05, 0.1) is 12.8 Å². The Hall–Kier alpha value is -0.410. The van der Waals surface area contributed by atoms with Crippen molar-refractivity contribution >= 4 is 12.6 Å². The zero-order chi connectivity index (χ0) is 12.1. The van der Waals surface area contributed by atoms with Crippen LogP contribution in [0.4, 0.5) is 0 Å². The van der Waals surface area contributed by atoms with Gasteiger partial charge in [-0.3, -0.25) is 4.90 Å². The largest absolute Gasteiger partial charge is 0.468 e. The van der Waals surface area contributed by atoms with Gasteiger partial charge in [0.15, 0.2) is 0 Å². The normalized spacial score (nSPS) is 17.6. The summed E-state index contributed by atoms with van der Waals surface area (Å²) in [5, 5.41) is 0. The van der Waals surface area contributed by atoms with Crippen molar-refractivity contribution in [2.24, 2.45) is 5.92 Å². The highest BCUT2D eigenvalue weighted by Gasteiger charge is 2.29. The molecule has 0 spiro atoms. The van der Waals surface area contributed by atoms with E-state index in [2.05, 4.69) is 30.5 Å². The molecule has 1 unspecified atom stereocenters. The lowest BCUT2D eigenvalue weighted by atomic mass is 10.0. The van der Waals surface area contributed by atoms with Crippen molar-refractivity contribution in [3.8, 4) is 0 Å². The third-order valence-corrected chi connectivity index (χ3v) is 3.79. The van der Waals surface area contributed by atoms with Crippen molar-refractivity contribution in [3.05, 3.63) is 24.2 Å². The molecule has 0 amide bonds. The van der Waals surface area contributed by atoms with Crippen molar-refractivity contribution in [1.82, 2.24) is 4.90 Å². The summed E-state index contributed by atoms with van der Waals surface area (Å²) in [5.74, 6) is 2.88. The fourth-order valence-electron chi connectivity index (χ4n) is 2.18. The van der Waals surface area contributed by atoms with Gasteiger partial charge >= 0.3 is 0 Å². The molecule has 1 aromatic heterocycles. The van der Waals surface area contributed by atoms with Gasteiger partial charge in [-0.1, -0.05) is 6.92 Å². The summed E-state index contributed by atoms with van der Waals surface area (Å²) < 4.78 is 5.44. The molecule has 0 N–H and O–H groups in total. The lowest BCUT2D eigenvalue weighted by Gasteiger charge is -2.22. The number of furan rings is 1. The van der Waals surface area contributed by atoms with Crippen LogP contribution in [0.5, 0.6) is 0 Å². The Labute approximate surface area is 110 Å². The Morgan fingerprint density at radius 1 is 1.47 bits per heavy atom. The van der Waals surface area contributed by atoms with E-state index in [0.29, 0.717) is 0 Å². The predicted octanol–water partition coefficient (Wildman–Crippen LogP) is 3.59. The van der Waals surface area contributed by atoms with Gasteiger partial charge in [-0.25, -0.2) is 0 Å². The minimum Gasteiger partial charge on any atom is -0.468 e. The fraction of sp³-hybridized carbons (Fsp3) is 0.714. The zero-order valence-corrected chi connectivity index (χ0v) is 11.5. The highest BCUT2D eigenvalue weighted by atomic mass is 32.1. The van der Waals surface area contributed by atoms with Crippen LogP contribution in [0.15, 0.2) is 22.8 Å². The van der Waals surface area contributed by atoms with Crippen LogP contribution in [0, 0.1) is 5.92 Å². The third-order valence-electron chi connectivity index (χ3n) is 3.53. The molecular weight excluding hydrogens is 230 g/mol. The first-order valence-electron chi connectivity index (χ1n) is 6.67. The molecule has 1 atom stereocenters. The standard InChI is InChI=1S/C14H23NOS/c1-12(7-10-17)6-8-15(13-4-5-13)11-14-3-2-9-16-14/h2-3,9,12-13,17H,4-8,10-11H2,1H3. The molecule has 0 aromatic carbocycles. The Morgan fingerprint density at radius 2 is 2.29 bits per heavy atom. The van der Waals surface area contributed by atoms with Gasteiger partial charge in [0.25, 0.3) is 0 Å². The lowest BCUT2D eigenvalue weighted by Crippen LogP contribution is -2.27. The second kappa shape index (κ2) is 6.50. The Morgan fingerprint density at radius 3 is 2.88 bits per heavy atom. The number of nitrogens with zero attached hydrogens (tertiary/aromatic N) is 1. The van der Waals surface area contributed by atoms with Gasteiger partial charge in [0.1, 0.15) is 5.76 Å². The van der Waals surface area contributed by atoms with Crippen LogP contribution in [0.1, 0.15) is 38.4 Å². The maximum atomic E-state index is 5.44. The Kier molecular flexibility index (Phi) is 4.99. The van der Waals surface area contributed by atoms with Crippen LogP contribution in [-0.4, -0.2) is 23.2 Å². The van der Waals surface area contributed by atoms with Gasteiger partial charge in [0.2, 0.25) is 0 Å². The SMILES string of the molecule is CC(CCS)CCN(Cc1ccco1)C1CC1. The molecular formula is C14H23NOS. The van der Waals surface area contributed by atoms with Crippen molar-refractivity contribution in [3.63, 3.8) is 0 Å². The Bertz CT molecular complexity index is 308. The summed E-state index contributed by atoms with van der Waals surface area (Å²) >= 11 is 4.30. The molecule has 17 heavy (non-hydrogen) atoms. The van der Waals surface area contributed by atoms with Crippen molar-refractivity contribution in [1.29, 1.82) is 0 Å². The summed E-state index contributed by atoms with van der Waals surface area (Å²) in [6.07, 6.45) is 6.99. The summed E-state index contributed by atoms with van der Waals surface area (Å²) in [4.78, 5) is 2.58. The topological polar surface area (TPSA) is 16.4 Å². The van der Waals surface area contributed by atoms with Gasteiger partial charge in [-0.2, -0.15) is 12.6 Å². The average molecular weight is 253 g/mol. The molecule has 0 bridgehead atoms. The number of hydrogen-bond acceptors (Lipinski definition) is 3. The first-order chi connectivity index (χ1) is 8.29. The van der Waals surface area contributed by atoms with E-state index >= 15 is 0 Å². The molecule has 1 aliphatic carbocycles. The highest BCUT2D eigenvalue weighted by molar-refractivity contribution is 7.80. The van der Waals surface area contributed by atoms with Crippen LogP contribution in [0.25, 0.3) is 0 Å². The predicted molar refractivity (Wildman–Crippen MR) is 74.4 cm³/mol. The van der Waals surface area contributed by atoms with E-state index in [1.807, 2.05) is 6.07 Å². The van der Waals surface area contributed by atoms with E-state index in [1.54, 1.807) is 6.26 Å². The Balaban J connectivity index is 1.77. The molecule has 96 valence electrons. The van der Waals surface area contributed by atoms with E-state index in [4.69, 9.17) is 4.42 Å². The maximum Gasteiger partial charge on any atom is 0.117 e. The molecule has 0 radical (unpaired) electrons. The molecule has 1 saturated carbocycles. The van der Waals surface area contributed by atoms with Crippen LogP contribution in [-0.2, 0) is 6.54 Å². The minimum atomic E-state index is 0.783. The smallest absolute Gasteiger partial charge is 0.117 e. The van der Waals surface area contributed by atoms with Crippen LogP contribution in [0.3, 0.4) is 0 Å². The quantitative estimate of drug-likeness (QED) is 0.713. The summed E-state index contributed by atoms with van der Waals surface area (Å²) in [7, 11) is 0. The molecule has 1 heterocycles.